The first-order valence-corrected chi connectivity index (χ1v) is 10.7. The molecule has 0 spiro atoms. The number of benzene rings is 2. The molecule has 0 heterocycles. The second-order valence-corrected chi connectivity index (χ2v) is 8.85. The summed E-state index contributed by atoms with van der Waals surface area (Å²) in [5.74, 6) is 1.73. The minimum atomic E-state index is -2.37. The van der Waals surface area contributed by atoms with Crippen molar-refractivity contribution in [3.05, 3.63) is 83.9 Å². The molecule has 0 aliphatic rings. The van der Waals surface area contributed by atoms with Crippen LogP contribution in [-0.4, -0.2) is 8.56 Å². The van der Waals surface area contributed by atoms with Crippen molar-refractivity contribution in [2.75, 3.05) is 0 Å². The van der Waals surface area contributed by atoms with E-state index >= 15 is 0 Å². The summed E-state index contributed by atoms with van der Waals surface area (Å²) < 4.78 is 12.5. The van der Waals surface area contributed by atoms with Gasteiger partial charge in [0.2, 0.25) is 0 Å². The Bertz CT molecular complexity index is 614. The third-order valence-electron chi connectivity index (χ3n) is 3.35. The standard InChI is InChI=1S/C20H24O2Si/c1-5-19(17-13-9-7-10-14-17)21-23(3,4)22-20(6-2)18-15-11-8-12-16-18/h5-16H,1-4H3/b19-5-,20-6-. The molecule has 2 nitrogen and oxygen atoms in total. The molecule has 0 bridgehead atoms. The van der Waals surface area contributed by atoms with E-state index in [1.165, 1.54) is 0 Å². The number of hydrogen-bond acceptors (Lipinski definition) is 2. The van der Waals surface area contributed by atoms with Crippen LogP contribution in [0.25, 0.3) is 11.5 Å². The van der Waals surface area contributed by atoms with E-state index in [0.29, 0.717) is 0 Å². The molecule has 2 aromatic rings. The summed E-state index contributed by atoms with van der Waals surface area (Å²) in [4.78, 5) is 0. The van der Waals surface area contributed by atoms with Crippen molar-refractivity contribution in [2.24, 2.45) is 0 Å². The van der Waals surface area contributed by atoms with Crippen LogP contribution in [0.3, 0.4) is 0 Å². The minimum Gasteiger partial charge on any atom is -0.512 e. The zero-order valence-electron chi connectivity index (χ0n) is 14.2. The van der Waals surface area contributed by atoms with Gasteiger partial charge in [0.25, 0.3) is 0 Å². The summed E-state index contributed by atoms with van der Waals surface area (Å²) in [6.07, 6.45) is 3.98. The Balaban J connectivity index is 2.15. The van der Waals surface area contributed by atoms with Crippen molar-refractivity contribution in [3.63, 3.8) is 0 Å². The number of hydrogen-bond donors (Lipinski definition) is 0. The van der Waals surface area contributed by atoms with Gasteiger partial charge in [-0.15, -0.1) is 0 Å². The van der Waals surface area contributed by atoms with Gasteiger partial charge in [-0.2, -0.15) is 0 Å². The zero-order chi connectivity index (χ0) is 16.7. The fourth-order valence-corrected chi connectivity index (χ4v) is 3.90. The van der Waals surface area contributed by atoms with Gasteiger partial charge in [-0.05, 0) is 26.0 Å². The van der Waals surface area contributed by atoms with Crippen molar-refractivity contribution in [1.29, 1.82) is 0 Å². The van der Waals surface area contributed by atoms with Crippen LogP contribution < -0.4 is 0 Å². The highest BCUT2D eigenvalue weighted by molar-refractivity contribution is 6.66. The molecular formula is C20H24O2Si. The lowest BCUT2D eigenvalue weighted by Crippen LogP contribution is -2.33. The van der Waals surface area contributed by atoms with Gasteiger partial charge in [-0.1, -0.05) is 60.7 Å². The summed E-state index contributed by atoms with van der Waals surface area (Å²) in [5, 5.41) is 0. The van der Waals surface area contributed by atoms with Gasteiger partial charge in [0.1, 0.15) is 11.5 Å². The quantitative estimate of drug-likeness (QED) is 0.490. The van der Waals surface area contributed by atoms with Gasteiger partial charge in [-0.3, -0.25) is 0 Å². The molecular weight excluding hydrogens is 300 g/mol. The molecule has 120 valence electrons. The van der Waals surface area contributed by atoms with Gasteiger partial charge >= 0.3 is 8.56 Å². The van der Waals surface area contributed by atoms with Gasteiger partial charge in [-0.25, -0.2) is 0 Å². The molecule has 0 N–H and O–H groups in total. The van der Waals surface area contributed by atoms with E-state index in [2.05, 4.69) is 13.1 Å². The molecule has 0 amide bonds. The van der Waals surface area contributed by atoms with Gasteiger partial charge in [0.05, 0.1) is 0 Å². The first-order chi connectivity index (χ1) is 11.1. The predicted molar refractivity (Wildman–Crippen MR) is 99.8 cm³/mol. The monoisotopic (exact) mass is 324 g/mol. The van der Waals surface area contributed by atoms with Gasteiger partial charge in [0, 0.05) is 24.2 Å². The topological polar surface area (TPSA) is 18.5 Å². The highest BCUT2D eigenvalue weighted by Gasteiger charge is 2.31. The predicted octanol–water partition coefficient (Wildman–Crippen LogP) is 5.84. The number of allylic oxidation sites excluding steroid dienone is 2. The molecule has 2 rings (SSSR count). The van der Waals surface area contributed by atoms with Crippen LogP contribution in [-0.2, 0) is 8.85 Å². The molecule has 3 heteroatoms. The van der Waals surface area contributed by atoms with Crippen LogP contribution in [0.15, 0.2) is 72.8 Å². The Kier molecular flexibility index (Phi) is 5.82. The maximum absolute atomic E-state index is 6.26. The van der Waals surface area contributed by atoms with E-state index in [0.717, 1.165) is 22.6 Å². The van der Waals surface area contributed by atoms with Crippen LogP contribution in [0.5, 0.6) is 0 Å². The Morgan fingerprint density at radius 2 is 1.04 bits per heavy atom. The number of rotatable bonds is 6. The fourth-order valence-electron chi connectivity index (χ4n) is 2.32. The summed E-state index contributed by atoms with van der Waals surface area (Å²) in [6, 6.07) is 20.3. The summed E-state index contributed by atoms with van der Waals surface area (Å²) in [5.41, 5.74) is 2.14. The molecule has 0 saturated heterocycles. The second-order valence-electron chi connectivity index (χ2n) is 5.64. The van der Waals surface area contributed by atoms with E-state index in [1.54, 1.807) is 0 Å². The Morgan fingerprint density at radius 1 is 0.696 bits per heavy atom. The average molecular weight is 324 g/mol. The Hall–Kier alpha value is -2.26. The van der Waals surface area contributed by atoms with Crippen molar-refractivity contribution >= 4 is 20.1 Å². The maximum Gasteiger partial charge on any atom is 0.454 e. The Labute approximate surface area is 140 Å². The van der Waals surface area contributed by atoms with E-state index in [-0.39, 0.29) is 0 Å². The average Bonchev–Trinajstić information content (AvgIpc) is 2.59. The van der Waals surface area contributed by atoms with Gasteiger partial charge < -0.3 is 8.85 Å². The molecule has 0 aromatic heterocycles. The molecule has 0 saturated carbocycles. The van der Waals surface area contributed by atoms with E-state index in [9.17, 15) is 0 Å². The second kappa shape index (κ2) is 7.84. The summed E-state index contributed by atoms with van der Waals surface area (Å²) >= 11 is 0. The fraction of sp³-hybridized carbons (Fsp3) is 0.200. The molecule has 0 unspecified atom stereocenters. The molecule has 0 aliphatic carbocycles. The lowest BCUT2D eigenvalue weighted by molar-refractivity contribution is 0.352. The van der Waals surface area contributed by atoms with Crippen LogP contribution in [0.4, 0.5) is 0 Å². The third-order valence-corrected chi connectivity index (χ3v) is 4.78. The maximum atomic E-state index is 6.26. The molecule has 0 radical (unpaired) electrons. The van der Waals surface area contributed by atoms with Crippen molar-refractivity contribution in [1.82, 2.24) is 0 Å². The largest absolute Gasteiger partial charge is 0.512 e. The normalized spacial score (nSPS) is 12.9. The Morgan fingerprint density at radius 3 is 1.35 bits per heavy atom. The highest BCUT2D eigenvalue weighted by Crippen LogP contribution is 2.26. The van der Waals surface area contributed by atoms with E-state index < -0.39 is 8.56 Å². The molecule has 0 atom stereocenters. The van der Waals surface area contributed by atoms with Crippen LogP contribution >= 0.6 is 0 Å². The molecule has 0 fully saturated rings. The summed E-state index contributed by atoms with van der Waals surface area (Å²) in [6.45, 7) is 8.10. The van der Waals surface area contributed by atoms with Crippen LogP contribution in [0.2, 0.25) is 13.1 Å². The SMILES string of the molecule is C/C=C(\O[Si](C)(C)O/C(=C\C)c1ccccc1)c1ccccc1. The van der Waals surface area contributed by atoms with E-state index in [1.807, 2.05) is 86.7 Å². The summed E-state index contributed by atoms with van der Waals surface area (Å²) in [7, 11) is -2.37. The lowest BCUT2D eigenvalue weighted by atomic mass is 10.2. The van der Waals surface area contributed by atoms with Crippen LogP contribution in [0, 0.1) is 0 Å². The smallest absolute Gasteiger partial charge is 0.454 e. The first-order valence-electron chi connectivity index (χ1n) is 7.87. The van der Waals surface area contributed by atoms with Crippen molar-refractivity contribution in [3.8, 4) is 0 Å². The van der Waals surface area contributed by atoms with Crippen molar-refractivity contribution < 1.29 is 8.85 Å². The van der Waals surface area contributed by atoms with Crippen LogP contribution in [0.1, 0.15) is 25.0 Å². The third kappa shape index (κ3) is 4.86. The van der Waals surface area contributed by atoms with Gasteiger partial charge in [0.15, 0.2) is 0 Å². The molecule has 0 aliphatic heterocycles. The lowest BCUT2D eigenvalue weighted by Gasteiger charge is -2.27. The first kappa shape index (κ1) is 17.1. The highest BCUT2D eigenvalue weighted by atomic mass is 28.4. The minimum absolute atomic E-state index is 0.866. The van der Waals surface area contributed by atoms with E-state index in [4.69, 9.17) is 8.85 Å². The molecule has 2 aromatic carbocycles. The van der Waals surface area contributed by atoms with Crippen molar-refractivity contribution in [2.45, 2.75) is 26.9 Å². The molecule has 23 heavy (non-hydrogen) atoms. The zero-order valence-corrected chi connectivity index (χ0v) is 15.2.